The van der Waals surface area contributed by atoms with Crippen molar-refractivity contribution in [3.05, 3.63) is 34.1 Å². The van der Waals surface area contributed by atoms with Gasteiger partial charge in [-0.3, -0.25) is 9.59 Å². The summed E-state index contributed by atoms with van der Waals surface area (Å²) in [5.41, 5.74) is 0.562. The second-order valence-electron chi connectivity index (χ2n) is 6.31. The van der Waals surface area contributed by atoms with Gasteiger partial charge in [-0.05, 0) is 37.0 Å². The van der Waals surface area contributed by atoms with Crippen molar-refractivity contribution in [3.63, 3.8) is 0 Å². The first-order valence-corrected chi connectivity index (χ1v) is 9.41. The third kappa shape index (κ3) is 8.47. The number of hydrogen-bond acceptors (Lipinski definition) is 4. The Morgan fingerprint density at radius 1 is 1.20 bits per heavy atom. The third-order valence-electron chi connectivity index (χ3n) is 3.76. The molecule has 1 rings (SSSR count). The quantitative estimate of drug-likeness (QED) is 0.493. The second-order valence-corrected chi connectivity index (χ2v) is 7.17. The molecule has 0 N–H and O–H groups in total. The largest absolute Gasteiger partial charge is 0.462 e. The Hall–Kier alpha value is -1.43. The van der Waals surface area contributed by atoms with Crippen LogP contribution in [0, 0.1) is 11.7 Å². The molecule has 140 valence electrons. The Morgan fingerprint density at radius 2 is 1.88 bits per heavy atom. The fourth-order valence-electron chi connectivity index (χ4n) is 2.30. The standard InChI is InChI=1S/C19H26BrFO4/c1-4-6-17(13(2)3)25-19(23)8-5-7-18(22)24-12-14-11-15(21)9-10-16(14)20/h9-11,13,17H,4-8,12H2,1-3H3. The van der Waals surface area contributed by atoms with Gasteiger partial charge in [0.05, 0.1) is 0 Å². The molecule has 1 aromatic rings. The molecule has 0 saturated carbocycles. The van der Waals surface area contributed by atoms with Crippen LogP contribution < -0.4 is 0 Å². The van der Waals surface area contributed by atoms with Crippen molar-refractivity contribution in [2.24, 2.45) is 5.92 Å². The van der Waals surface area contributed by atoms with Gasteiger partial charge in [0.25, 0.3) is 0 Å². The molecule has 1 aromatic carbocycles. The van der Waals surface area contributed by atoms with Gasteiger partial charge in [0, 0.05) is 22.9 Å². The van der Waals surface area contributed by atoms with Crippen LogP contribution in [0.3, 0.4) is 0 Å². The molecule has 0 heterocycles. The summed E-state index contributed by atoms with van der Waals surface area (Å²) >= 11 is 3.28. The maximum Gasteiger partial charge on any atom is 0.306 e. The first-order chi connectivity index (χ1) is 11.8. The molecule has 0 aromatic heterocycles. The highest BCUT2D eigenvalue weighted by Crippen LogP contribution is 2.19. The van der Waals surface area contributed by atoms with E-state index in [4.69, 9.17) is 9.47 Å². The Morgan fingerprint density at radius 3 is 2.52 bits per heavy atom. The maximum absolute atomic E-state index is 13.2. The van der Waals surface area contributed by atoms with Gasteiger partial charge in [-0.2, -0.15) is 0 Å². The van der Waals surface area contributed by atoms with Gasteiger partial charge in [0.1, 0.15) is 18.5 Å². The summed E-state index contributed by atoms with van der Waals surface area (Å²) in [7, 11) is 0. The van der Waals surface area contributed by atoms with Crippen LogP contribution in [0.5, 0.6) is 0 Å². The minimum atomic E-state index is -0.419. The first kappa shape index (κ1) is 21.6. The summed E-state index contributed by atoms with van der Waals surface area (Å²) in [4.78, 5) is 23.6. The average Bonchev–Trinajstić information content (AvgIpc) is 2.55. The molecule has 0 aliphatic heterocycles. The Balaban J connectivity index is 2.30. The van der Waals surface area contributed by atoms with Crippen molar-refractivity contribution in [1.82, 2.24) is 0 Å². The zero-order valence-corrected chi connectivity index (χ0v) is 16.6. The summed E-state index contributed by atoms with van der Waals surface area (Å²) in [6.07, 6.45) is 2.41. The van der Waals surface area contributed by atoms with Crippen molar-refractivity contribution in [1.29, 1.82) is 0 Å². The molecule has 0 amide bonds. The lowest BCUT2D eigenvalue weighted by Gasteiger charge is -2.20. The van der Waals surface area contributed by atoms with E-state index in [-0.39, 0.29) is 43.3 Å². The maximum atomic E-state index is 13.2. The van der Waals surface area contributed by atoms with Gasteiger partial charge in [0.2, 0.25) is 0 Å². The van der Waals surface area contributed by atoms with Gasteiger partial charge >= 0.3 is 11.9 Å². The lowest BCUT2D eigenvalue weighted by molar-refractivity contribution is -0.152. The van der Waals surface area contributed by atoms with E-state index in [0.29, 0.717) is 16.5 Å². The highest BCUT2D eigenvalue weighted by molar-refractivity contribution is 9.10. The highest BCUT2D eigenvalue weighted by atomic mass is 79.9. The molecule has 0 fully saturated rings. The van der Waals surface area contributed by atoms with Crippen molar-refractivity contribution in [3.8, 4) is 0 Å². The van der Waals surface area contributed by atoms with Crippen molar-refractivity contribution < 1.29 is 23.5 Å². The summed E-state index contributed by atoms with van der Waals surface area (Å²) in [5, 5.41) is 0. The SMILES string of the molecule is CCCC(OC(=O)CCCC(=O)OCc1cc(F)ccc1Br)C(C)C. The Labute approximate surface area is 157 Å². The molecular weight excluding hydrogens is 391 g/mol. The predicted octanol–water partition coefficient (Wildman–Crippen LogP) is 5.17. The van der Waals surface area contributed by atoms with Crippen LogP contribution in [0.15, 0.2) is 22.7 Å². The number of ether oxygens (including phenoxy) is 2. The van der Waals surface area contributed by atoms with Crippen LogP contribution in [0.25, 0.3) is 0 Å². The van der Waals surface area contributed by atoms with E-state index in [1.807, 2.05) is 13.8 Å². The monoisotopic (exact) mass is 416 g/mol. The molecule has 1 unspecified atom stereocenters. The average molecular weight is 417 g/mol. The zero-order valence-electron chi connectivity index (χ0n) is 15.0. The van der Waals surface area contributed by atoms with Crippen LogP contribution in [-0.2, 0) is 25.7 Å². The van der Waals surface area contributed by atoms with Gasteiger partial charge < -0.3 is 9.47 Å². The van der Waals surface area contributed by atoms with E-state index in [2.05, 4.69) is 22.9 Å². The van der Waals surface area contributed by atoms with Crippen LogP contribution in [0.2, 0.25) is 0 Å². The van der Waals surface area contributed by atoms with Crippen LogP contribution in [0.1, 0.15) is 58.4 Å². The number of rotatable bonds is 10. The first-order valence-electron chi connectivity index (χ1n) is 8.62. The molecule has 4 nitrogen and oxygen atoms in total. The predicted molar refractivity (Wildman–Crippen MR) is 97.4 cm³/mol. The van der Waals surface area contributed by atoms with Crippen molar-refractivity contribution in [2.45, 2.75) is 65.6 Å². The normalized spacial score (nSPS) is 12.1. The minimum absolute atomic E-state index is 0.00640. The lowest BCUT2D eigenvalue weighted by Crippen LogP contribution is -2.23. The molecule has 0 aliphatic carbocycles. The van der Waals surface area contributed by atoms with Gasteiger partial charge in [-0.25, -0.2) is 4.39 Å². The topological polar surface area (TPSA) is 52.6 Å². The molecule has 0 bridgehead atoms. The van der Waals surface area contributed by atoms with E-state index >= 15 is 0 Å². The summed E-state index contributed by atoms with van der Waals surface area (Å²) < 4.78 is 24.4. The van der Waals surface area contributed by atoms with E-state index in [9.17, 15) is 14.0 Å². The summed E-state index contributed by atoms with van der Waals surface area (Å²) in [6.45, 7) is 6.09. The number of benzene rings is 1. The molecule has 0 aliphatic rings. The molecule has 0 saturated heterocycles. The molecule has 0 radical (unpaired) electrons. The lowest BCUT2D eigenvalue weighted by atomic mass is 10.0. The second kappa shape index (κ2) is 11.2. The highest BCUT2D eigenvalue weighted by Gasteiger charge is 2.17. The van der Waals surface area contributed by atoms with E-state index in [1.54, 1.807) is 6.07 Å². The molecular formula is C19H26BrFO4. The fourth-order valence-corrected chi connectivity index (χ4v) is 2.66. The van der Waals surface area contributed by atoms with Crippen LogP contribution in [0.4, 0.5) is 4.39 Å². The Kier molecular flexibility index (Phi) is 9.71. The number of halogens is 2. The number of carbonyl (C=O) groups is 2. The van der Waals surface area contributed by atoms with E-state index in [1.165, 1.54) is 12.1 Å². The van der Waals surface area contributed by atoms with Crippen LogP contribution in [-0.4, -0.2) is 18.0 Å². The fraction of sp³-hybridized carbons (Fsp3) is 0.579. The third-order valence-corrected chi connectivity index (χ3v) is 4.53. The smallest absolute Gasteiger partial charge is 0.306 e. The van der Waals surface area contributed by atoms with Gasteiger partial charge in [0.15, 0.2) is 0 Å². The van der Waals surface area contributed by atoms with E-state index < -0.39 is 5.97 Å². The molecule has 25 heavy (non-hydrogen) atoms. The zero-order chi connectivity index (χ0) is 18.8. The number of carbonyl (C=O) groups excluding carboxylic acids is 2. The Bertz CT molecular complexity index is 575. The van der Waals surface area contributed by atoms with E-state index in [0.717, 1.165) is 12.8 Å². The number of hydrogen-bond donors (Lipinski definition) is 0. The summed E-state index contributed by atoms with van der Waals surface area (Å²) in [6, 6.07) is 4.20. The van der Waals surface area contributed by atoms with Crippen molar-refractivity contribution in [2.75, 3.05) is 0 Å². The van der Waals surface area contributed by atoms with Gasteiger partial charge in [-0.1, -0.05) is 43.1 Å². The van der Waals surface area contributed by atoms with Gasteiger partial charge in [-0.15, -0.1) is 0 Å². The molecule has 1 atom stereocenters. The number of esters is 2. The minimum Gasteiger partial charge on any atom is -0.462 e. The van der Waals surface area contributed by atoms with Crippen molar-refractivity contribution >= 4 is 27.9 Å². The molecule has 6 heteroatoms. The summed E-state index contributed by atoms with van der Waals surface area (Å²) in [5.74, 6) is -0.812. The van der Waals surface area contributed by atoms with Crippen LogP contribution >= 0.6 is 15.9 Å². The molecule has 0 spiro atoms.